The molecule has 0 bridgehead atoms. The third-order valence-electron chi connectivity index (χ3n) is 12.2. The van der Waals surface area contributed by atoms with Crippen LogP contribution in [0.1, 0.15) is 259 Å². The minimum Gasteiger partial charge on any atom is -0.466 e. The van der Waals surface area contributed by atoms with Crippen LogP contribution in [0.25, 0.3) is 0 Å². The molecule has 0 aliphatic rings. The molecule has 0 saturated carbocycles. The van der Waals surface area contributed by atoms with E-state index >= 15 is 0 Å². The number of esters is 2. The van der Waals surface area contributed by atoms with Crippen LogP contribution in [0.15, 0.2) is 0 Å². The Bertz CT molecular complexity index is 835. The highest BCUT2D eigenvalue weighted by Crippen LogP contribution is 2.23. The van der Waals surface area contributed by atoms with Crippen LogP contribution in [-0.4, -0.2) is 62.1 Å². The Balaban J connectivity index is 4.30. The van der Waals surface area contributed by atoms with Crippen molar-refractivity contribution in [3.8, 4) is 0 Å². The number of rotatable bonds is 45. The van der Waals surface area contributed by atoms with Crippen LogP contribution in [0.4, 0.5) is 0 Å². The first-order valence-corrected chi connectivity index (χ1v) is 25.6. The van der Waals surface area contributed by atoms with Crippen molar-refractivity contribution in [3.05, 3.63) is 0 Å². The molecule has 7 nitrogen and oxygen atoms in total. The second-order valence-corrected chi connectivity index (χ2v) is 18.1. The highest BCUT2D eigenvalue weighted by atomic mass is 16.5. The highest BCUT2D eigenvalue weighted by Gasteiger charge is 2.15. The van der Waals surface area contributed by atoms with E-state index in [1.54, 1.807) is 0 Å². The number of nitrogens with one attached hydrogen (secondary N) is 1. The van der Waals surface area contributed by atoms with Crippen LogP contribution in [0, 0.1) is 11.8 Å². The number of ether oxygens (including phenoxy) is 2. The zero-order valence-corrected chi connectivity index (χ0v) is 39.8. The Kier molecular flexibility index (Phi) is 42.2. The first-order chi connectivity index (χ1) is 28.3. The minimum atomic E-state index is -0.0196. The average Bonchev–Trinajstić information content (AvgIpc) is 3.19. The van der Waals surface area contributed by atoms with Gasteiger partial charge in [0, 0.05) is 18.9 Å². The number of unbranched alkanes of at least 4 members (excludes halogenated alkanes) is 18. The fourth-order valence-corrected chi connectivity index (χ4v) is 8.42. The maximum Gasteiger partial charge on any atom is 0.305 e. The Labute approximate surface area is 361 Å². The molecule has 0 aromatic heterocycles. The monoisotopic (exact) mass is 821 g/mol. The summed E-state index contributed by atoms with van der Waals surface area (Å²) in [5.74, 6) is 1.51. The molecule has 58 heavy (non-hydrogen) atoms. The second-order valence-electron chi connectivity index (χ2n) is 18.1. The van der Waals surface area contributed by atoms with E-state index in [0.29, 0.717) is 44.4 Å². The summed E-state index contributed by atoms with van der Waals surface area (Å²) < 4.78 is 11.3. The number of carbonyl (C=O) groups excluding carboxylic acids is 3. The fraction of sp³-hybridized carbons (Fsp3) is 0.941. The Morgan fingerprint density at radius 2 is 0.776 bits per heavy atom. The van der Waals surface area contributed by atoms with Gasteiger partial charge < -0.3 is 14.8 Å². The molecule has 0 aliphatic heterocycles. The lowest BCUT2D eigenvalue weighted by Crippen LogP contribution is -2.41. The molecule has 0 heterocycles. The van der Waals surface area contributed by atoms with Crippen molar-refractivity contribution < 1.29 is 23.9 Å². The molecule has 0 spiro atoms. The van der Waals surface area contributed by atoms with Gasteiger partial charge in [0.1, 0.15) is 0 Å². The summed E-state index contributed by atoms with van der Waals surface area (Å²) in [7, 11) is 2.03. The van der Waals surface area contributed by atoms with Gasteiger partial charge in [0.15, 0.2) is 0 Å². The van der Waals surface area contributed by atoms with Crippen molar-refractivity contribution in [2.75, 3.05) is 33.4 Å². The quantitative estimate of drug-likeness (QED) is 0.0486. The van der Waals surface area contributed by atoms with E-state index in [1.807, 2.05) is 7.05 Å². The molecular formula is C51H100N2O5. The third-order valence-corrected chi connectivity index (χ3v) is 12.2. The van der Waals surface area contributed by atoms with Crippen LogP contribution in [0.5, 0.6) is 0 Å². The molecule has 0 fully saturated rings. The minimum absolute atomic E-state index is 0.0196. The van der Waals surface area contributed by atoms with Crippen LogP contribution in [-0.2, 0) is 23.9 Å². The molecular weight excluding hydrogens is 721 g/mol. The van der Waals surface area contributed by atoms with E-state index in [-0.39, 0.29) is 23.9 Å². The molecule has 1 N–H and O–H groups in total. The van der Waals surface area contributed by atoms with Gasteiger partial charge in [0.05, 0.1) is 19.8 Å². The number of likely N-dealkylation sites (N-methyl/N-ethyl adjacent to an activating group) is 1. The molecule has 0 aromatic rings. The SMILES string of the molecule is CCCCCC(CCCCC)CCOC(=O)CCCCCCCCC(CCCCCCCCC(=O)OCCC(CCCCC)CCCCC)NC(=O)CN(C)CCC. The van der Waals surface area contributed by atoms with Gasteiger partial charge in [-0.25, -0.2) is 0 Å². The standard InChI is InChI=1S/C51H100N2O5/c1-7-12-24-32-46(33-25-13-8-2)40-43-57-50(55)38-30-22-18-16-20-28-36-48(52-49(54)45-53(6)42-11-5)37-29-21-17-19-23-31-39-51(56)58-44-41-47(34-26-14-9-3)35-27-15-10-4/h46-48H,7-45H2,1-6H3,(H,52,54). The molecule has 0 aromatic carbocycles. The number of nitrogens with zero attached hydrogens (tertiary/aromatic N) is 1. The Hall–Kier alpha value is -1.63. The predicted molar refractivity (Wildman–Crippen MR) is 248 cm³/mol. The molecule has 0 saturated heterocycles. The van der Waals surface area contributed by atoms with Gasteiger partial charge in [-0.3, -0.25) is 19.3 Å². The van der Waals surface area contributed by atoms with Crippen molar-refractivity contribution >= 4 is 17.8 Å². The summed E-state index contributed by atoms with van der Waals surface area (Å²) in [5.41, 5.74) is 0. The van der Waals surface area contributed by atoms with E-state index in [4.69, 9.17) is 9.47 Å². The van der Waals surface area contributed by atoms with Crippen LogP contribution in [0.2, 0.25) is 0 Å². The number of hydrogen-bond donors (Lipinski definition) is 1. The zero-order valence-electron chi connectivity index (χ0n) is 39.8. The summed E-state index contributed by atoms with van der Waals surface area (Å²) in [6, 6.07) is 0.239. The van der Waals surface area contributed by atoms with Gasteiger partial charge in [-0.15, -0.1) is 0 Å². The summed E-state index contributed by atoms with van der Waals surface area (Å²) in [4.78, 5) is 39.7. The first-order valence-electron chi connectivity index (χ1n) is 25.6. The van der Waals surface area contributed by atoms with Gasteiger partial charge >= 0.3 is 11.9 Å². The molecule has 1 amide bonds. The topological polar surface area (TPSA) is 84.9 Å². The first kappa shape index (κ1) is 56.4. The largest absolute Gasteiger partial charge is 0.466 e. The van der Waals surface area contributed by atoms with Gasteiger partial charge in [0.2, 0.25) is 5.91 Å². The van der Waals surface area contributed by atoms with E-state index < -0.39 is 0 Å². The molecule has 7 heteroatoms. The van der Waals surface area contributed by atoms with Crippen molar-refractivity contribution in [2.45, 2.75) is 265 Å². The lowest BCUT2D eigenvalue weighted by Gasteiger charge is -2.21. The summed E-state index contributed by atoms with van der Waals surface area (Å²) in [6.07, 6.45) is 40.1. The Morgan fingerprint density at radius 3 is 1.14 bits per heavy atom. The van der Waals surface area contributed by atoms with Gasteiger partial charge in [-0.2, -0.15) is 0 Å². The summed E-state index contributed by atoms with van der Waals surface area (Å²) in [6.45, 7) is 13.8. The number of hydrogen-bond acceptors (Lipinski definition) is 6. The highest BCUT2D eigenvalue weighted by molar-refractivity contribution is 5.78. The summed E-state index contributed by atoms with van der Waals surface area (Å²) >= 11 is 0. The number of amides is 1. The van der Waals surface area contributed by atoms with E-state index in [0.717, 1.165) is 90.0 Å². The van der Waals surface area contributed by atoms with Gasteiger partial charge in [0.25, 0.3) is 0 Å². The lowest BCUT2D eigenvalue weighted by molar-refractivity contribution is -0.145. The predicted octanol–water partition coefficient (Wildman–Crippen LogP) is 14.5. The van der Waals surface area contributed by atoms with Gasteiger partial charge in [-0.05, 0) is 70.4 Å². The fourth-order valence-electron chi connectivity index (χ4n) is 8.42. The smallest absolute Gasteiger partial charge is 0.305 e. The third kappa shape index (κ3) is 38.6. The molecule has 0 unspecified atom stereocenters. The van der Waals surface area contributed by atoms with Crippen molar-refractivity contribution in [1.82, 2.24) is 10.2 Å². The van der Waals surface area contributed by atoms with Crippen LogP contribution in [0.3, 0.4) is 0 Å². The maximum absolute atomic E-state index is 12.8. The zero-order chi connectivity index (χ0) is 42.7. The van der Waals surface area contributed by atoms with E-state index in [9.17, 15) is 14.4 Å². The molecule has 0 rings (SSSR count). The van der Waals surface area contributed by atoms with E-state index in [2.05, 4.69) is 44.8 Å². The summed E-state index contributed by atoms with van der Waals surface area (Å²) in [5, 5.41) is 3.37. The molecule has 0 atom stereocenters. The van der Waals surface area contributed by atoms with E-state index in [1.165, 1.54) is 128 Å². The van der Waals surface area contributed by atoms with Crippen LogP contribution < -0.4 is 5.32 Å². The molecule has 0 aliphatic carbocycles. The van der Waals surface area contributed by atoms with Crippen molar-refractivity contribution in [3.63, 3.8) is 0 Å². The Morgan fingerprint density at radius 1 is 0.431 bits per heavy atom. The van der Waals surface area contributed by atoms with Gasteiger partial charge in [-0.1, -0.05) is 202 Å². The molecule has 0 radical (unpaired) electrons. The number of carbonyl (C=O) groups is 3. The maximum atomic E-state index is 12.8. The van der Waals surface area contributed by atoms with Crippen molar-refractivity contribution in [1.29, 1.82) is 0 Å². The normalized spacial score (nSPS) is 11.7. The van der Waals surface area contributed by atoms with Crippen molar-refractivity contribution in [2.24, 2.45) is 11.8 Å². The second kappa shape index (κ2) is 43.5. The van der Waals surface area contributed by atoms with Crippen LogP contribution >= 0.6 is 0 Å². The lowest BCUT2D eigenvalue weighted by atomic mass is 9.92. The molecule has 344 valence electrons. The average molecular weight is 821 g/mol.